The van der Waals surface area contributed by atoms with Crippen molar-refractivity contribution in [1.82, 2.24) is 0 Å². The molecule has 5 heteroatoms. The summed E-state index contributed by atoms with van der Waals surface area (Å²) in [6.07, 6.45) is -0.736. The van der Waals surface area contributed by atoms with Crippen molar-refractivity contribution >= 4 is 23.2 Å². The van der Waals surface area contributed by atoms with E-state index in [4.69, 9.17) is 16.3 Å². The zero-order valence-corrected chi connectivity index (χ0v) is 13.4. The van der Waals surface area contributed by atoms with E-state index in [1.165, 1.54) is 18.2 Å². The van der Waals surface area contributed by atoms with Gasteiger partial charge in [0.25, 0.3) is 5.91 Å². The number of halogens is 2. The molecule has 0 aromatic heterocycles. The molecule has 1 N–H and O–H groups in total. The van der Waals surface area contributed by atoms with Crippen LogP contribution in [0.5, 0.6) is 5.75 Å². The van der Waals surface area contributed by atoms with Crippen LogP contribution >= 0.6 is 11.6 Å². The van der Waals surface area contributed by atoms with Gasteiger partial charge >= 0.3 is 0 Å². The normalized spacial score (nSPS) is 11.9. The number of carbonyl (C=O) groups is 1. The molecule has 0 aliphatic carbocycles. The topological polar surface area (TPSA) is 38.3 Å². The highest BCUT2D eigenvalue weighted by atomic mass is 35.5. The van der Waals surface area contributed by atoms with Gasteiger partial charge in [-0.15, -0.1) is 0 Å². The number of hydrogen-bond acceptors (Lipinski definition) is 2. The maximum absolute atomic E-state index is 13.1. The van der Waals surface area contributed by atoms with Gasteiger partial charge in [0, 0.05) is 11.8 Å². The molecule has 0 aliphatic rings. The number of nitrogens with one attached hydrogen (secondary N) is 1. The largest absolute Gasteiger partial charge is 0.481 e. The first-order valence-electron chi connectivity index (χ1n) is 6.87. The number of hydrogen-bond donors (Lipinski definition) is 1. The SMILES string of the molecule is Cc1cccc(C)c1NC(=O)[C@@H](C)Oc1ccc(F)c(Cl)c1. The molecule has 0 unspecified atom stereocenters. The lowest BCUT2D eigenvalue weighted by molar-refractivity contribution is -0.122. The Balaban J connectivity index is 2.07. The molecule has 0 fully saturated rings. The molecule has 0 saturated heterocycles. The van der Waals surface area contributed by atoms with E-state index in [-0.39, 0.29) is 10.9 Å². The Hall–Kier alpha value is -2.07. The van der Waals surface area contributed by atoms with Crippen molar-refractivity contribution in [3.63, 3.8) is 0 Å². The second-order valence-electron chi connectivity index (χ2n) is 5.09. The van der Waals surface area contributed by atoms with Crippen LogP contribution in [-0.2, 0) is 4.79 Å². The number of amides is 1. The molecular weight excluding hydrogens is 305 g/mol. The average molecular weight is 322 g/mol. The molecule has 0 radical (unpaired) electrons. The summed E-state index contributed by atoms with van der Waals surface area (Å²) in [5, 5.41) is 2.81. The lowest BCUT2D eigenvalue weighted by Crippen LogP contribution is -2.30. The number of ether oxygens (including phenoxy) is 1. The molecule has 1 amide bonds. The van der Waals surface area contributed by atoms with Gasteiger partial charge in [0.15, 0.2) is 6.10 Å². The number of anilines is 1. The maximum atomic E-state index is 13.1. The Morgan fingerprint density at radius 2 is 1.86 bits per heavy atom. The Morgan fingerprint density at radius 3 is 2.45 bits per heavy atom. The predicted molar refractivity (Wildman–Crippen MR) is 86.0 cm³/mol. The molecule has 22 heavy (non-hydrogen) atoms. The van der Waals surface area contributed by atoms with Gasteiger partial charge in [0.2, 0.25) is 0 Å². The Labute approximate surface area is 134 Å². The second-order valence-corrected chi connectivity index (χ2v) is 5.50. The monoisotopic (exact) mass is 321 g/mol. The third kappa shape index (κ3) is 3.77. The van der Waals surface area contributed by atoms with Crippen molar-refractivity contribution in [3.05, 3.63) is 58.4 Å². The minimum atomic E-state index is -0.736. The van der Waals surface area contributed by atoms with Gasteiger partial charge < -0.3 is 10.1 Å². The quantitative estimate of drug-likeness (QED) is 0.900. The van der Waals surface area contributed by atoms with Crippen LogP contribution in [0.15, 0.2) is 36.4 Å². The highest BCUT2D eigenvalue weighted by molar-refractivity contribution is 6.30. The van der Waals surface area contributed by atoms with Crippen molar-refractivity contribution in [3.8, 4) is 5.75 Å². The lowest BCUT2D eigenvalue weighted by Gasteiger charge is -2.17. The van der Waals surface area contributed by atoms with Gasteiger partial charge in [-0.2, -0.15) is 0 Å². The van der Waals surface area contributed by atoms with E-state index >= 15 is 0 Å². The standard InChI is InChI=1S/C17H17ClFNO2/c1-10-5-4-6-11(2)16(10)20-17(21)12(3)22-13-7-8-15(19)14(18)9-13/h4-9,12H,1-3H3,(H,20,21)/t12-/m1/s1. The molecule has 0 spiro atoms. The molecule has 0 saturated carbocycles. The molecule has 2 aromatic carbocycles. The molecule has 0 bridgehead atoms. The third-order valence-corrected chi connectivity index (χ3v) is 3.59. The van der Waals surface area contributed by atoms with Crippen molar-refractivity contribution in [2.45, 2.75) is 26.9 Å². The fourth-order valence-electron chi connectivity index (χ4n) is 2.04. The van der Waals surface area contributed by atoms with E-state index in [0.29, 0.717) is 5.75 Å². The van der Waals surface area contributed by atoms with Crippen LogP contribution in [0, 0.1) is 19.7 Å². The summed E-state index contributed by atoms with van der Waals surface area (Å²) < 4.78 is 18.6. The van der Waals surface area contributed by atoms with E-state index < -0.39 is 11.9 Å². The average Bonchev–Trinajstić information content (AvgIpc) is 2.46. The minimum Gasteiger partial charge on any atom is -0.481 e. The van der Waals surface area contributed by atoms with E-state index in [2.05, 4.69) is 5.32 Å². The summed E-state index contributed by atoms with van der Waals surface area (Å²) in [4.78, 5) is 12.2. The van der Waals surface area contributed by atoms with Crippen LogP contribution in [0.4, 0.5) is 10.1 Å². The summed E-state index contributed by atoms with van der Waals surface area (Å²) in [7, 11) is 0. The maximum Gasteiger partial charge on any atom is 0.265 e. The molecule has 1 atom stereocenters. The van der Waals surface area contributed by atoms with Crippen LogP contribution in [0.1, 0.15) is 18.1 Å². The van der Waals surface area contributed by atoms with Crippen LogP contribution < -0.4 is 10.1 Å². The predicted octanol–water partition coefficient (Wildman–Crippen LogP) is 4.50. The van der Waals surface area contributed by atoms with Gasteiger partial charge in [0.1, 0.15) is 11.6 Å². The van der Waals surface area contributed by atoms with E-state index in [0.717, 1.165) is 16.8 Å². The van der Waals surface area contributed by atoms with Crippen LogP contribution in [-0.4, -0.2) is 12.0 Å². The first kappa shape index (κ1) is 16.3. The molecule has 2 aromatic rings. The highest BCUT2D eigenvalue weighted by Crippen LogP contribution is 2.23. The molecular formula is C17H17ClFNO2. The Kier molecular flexibility index (Phi) is 5.03. The minimum absolute atomic E-state index is 0.0418. The Bertz CT molecular complexity index is 683. The van der Waals surface area contributed by atoms with Crippen molar-refractivity contribution < 1.29 is 13.9 Å². The van der Waals surface area contributed by atoms with Crippen LogP contribution in [0.2, 0.25) is 5.02 Å². The van der Waals surface area contributed by atoms with E-state index in [1.807, 2.05) is 32.0 Å². The lowest BCUT2D eigenvalue weighted by atomic mass is 10.1. The summed E-state index contributed by atoms with van der Waals surface area (Å²) >= 11 is 5.69. The van der Waals surface area contributed by atoms with Crippen molar-refractivity contribution in [2.75, 3.05) is 5.32 Å². The molecule has 116 valence electrons. The van der Waals surface area contributed by atoms with Crippen LogP contribution in [0.25, 0.3) is 0 Å². The summed E-state index contributed by atoms with van der Waals surface area (Å²) in [6, 6.07) is 9.76. The number of para-hydroxylation sites is 1. The summed E-state index contributed by atoms with van der Waals surface area (Å²) in [6.45, 7) is 5.47. The van der Waals surface area contributed by atoms with Gasteiger partial charge in [0.05, 0.1) is 5.02 Å². The third-order valence-electron chi connectivity index (χ3n) is 3.30. The van der Waals surface area contributed by atoms with Gasteiger partial charge in [-0.3, -0.25) is 4.79 Å². The molecule has 0 heterocycles. The smallest absolute Gasteiger partial charge is 0.265 e. The molecule has 2 rings (SSSR count). The van der Waals surface area contributed by atoms with Gasteiger partial charge in [-0.1, -0.05) is 29.8 Å². The fourth-order valence-corrected chi connectivity index (χ4v) is 2.21. The molecule has 3 nitrogen and oxygen atoms in total. The fraction of sp³-hybridized carbons (Fsp3) is 0.235. The first-order valence-corrected chi connectivity index (χ1v) is 7.25. The zero-order valence-electron chi connectivity index (χ0n) is 12.6. The van der Waals surface area contributed by atoms with Gasteiger partial charge in [-0.25, -0.2) is 4.39 Å². The second kappa shape index (κ2) is 6.79. The number of aryl methyl sites for hydroxylation is 2. The first-order chi connectivity index (χ1) is 10.4. The summed E-state index contributed by atoms with van der Waals surface area (Å²) in [5.74, 6) is -0.463. The van der Waals surface area contributed by atoms with E-state index in [1.54, 1.807) is 6.92 Å². The van der Waals surface area contributed by atoms with Crippen molar-refractivity contribution in [1.29, 1.82) is 0 Å². The van der Waals surface area contributed by atoms with Crippen LogP contribution in [0.3, 0.4) is 0 Å². The zero-order chi connectivity index (χ0) is 16.3. The number of rotatable bonds is 4. The summed E-state index contributed by atoms with van der Waals surface area (Å²) in [5.41, 5.74) is 2.73. The highest BCUT2D eigenvalue weighted by Gasteiger charge is 2.17. The van der Waals surface area contributed by atoms with Gasteiger partial charge in [-0.05, 0) is 44.0 Å². The Morgan fingerprint density at radius 1 is 1.23 bits per heavy atom. The van der Waals surface area contributed by atoms with Crippen molar-refractivity contribution in [2.24, 2.45) is 0 Å². The van der Waals surface area contributed by atoms with E-state index in [9.17, 15) is 9.18 Å². The number of carbonyl (C=O) groups excluding carboxylic acids is 1. The molecule has 0 aliphatic heterocycles. The number of benzene rings is 2.